The zero-order chi connectivity index (χ0) is 16.8. The molecule has 0 saturated carbocycles. The van der Waals surface area contributed by atoms with E-state index in [0.29, 0.717) is 18.0 Å². The molecule has 5 nitrogen and oxygen atoms in total. The van der Waals surface area contributed by atoms with Gasteiger partial charge in [0, 0.05) is 5.02 Å². The molecule has 2 atom stereocenters. The molecule has 0 radical (unpaired) electrons. The van der Waals surface area contributed by atoms with Gasteiger partial charge in [-0.05, 0) is 43.5 Å². The number of hydrogen-bond acceptors (Lipinski definition) is 3. The first-order valence-electron chi connectivity index (χ1n) is 8.03. The van der Waals surface area contributed by atoms with Crippen molar-refractivity contribution in [3.63, 3.8) is 0 Å². The SMILES string of the molecule is CCC(NC(=O)CN1CCCCC1C(=O)O)c1ccc(Cl)cc1. The quantitative estimate of drug-likeness (QED) is 0.836. The highest BCUT2D eigenvalue weighted by atomic mass is 35.5. The number of likely N-dealkylation sites (tertiary alicyclic amines) is 1. The Bertz CT molecular complexity index is 547. The maximum absolute atomic E-state index is 12.3. The molecule has 126 valence electrons. The van der Waals surface area contributed by atoms with Crippen LogP contribution < -0.4 is 5.32 Å². The molecule has 6 heteroatoms. The molecule has 0 spiro atoms. The van der Waals surface area contributed by atoms with Crippen molar-refractivity contribution in [2.75, 3.05) is 13.1 Å². The number of carbonyl (C=O) groups excluding carboxylic acids is 1. The molecule has 1 aromatic rings. The van der Waals surface area contributed by atoms with E-state index in [2.05, 4.69) is 5.32 Å². The predicted octanol–water partition coefficient (Wildman–Crippen LogP) is 2.85. The van der Waals surface area contributed by atoms with E-state index in [1.807, 2.05) is 19.1 Å². The maximum atomic E-state index is 12.3. The molecule has 1 amide bonds. The topological polar surface area (TPSA) is 69.6 Å². The Balaban J connectivity index is 1.96. The maximum Gasteiger partial charge on any atom is 0.320 e. The molecule has 0 aliphatic carbocycles. The first kappa shape index (κ1) is 17.8. The lowest BCUT2D eigenvalue weighted by Gasteiger charge is -2.32. The molecule has 2 unspecified atom stereocenters. The van der Waals surface area contributed by atoms with Crippen LogP contribution in [0.3, 0.4) is 0 Å². The Labute approximate surface area is 141 Å². The third-order valence-electron chi connectivity index (χ3n) is 4.26. The van der Waals surface area contributed by atoms with Crippen molar-refractivity contribution in [3.05, 3.63) is 34.9 Å². The van der Waals surface area contributed by atoms with Crippen LogP contribution in [0.1, 0.15) is 44.2 Å². The van der Waals surface area contributed by atoms with E-state index in [-0.39, 0.29) is 18.5 Å². The van der Waals surface area contributed by atoms with Crippen LogP contribution in [-0.2, 0) is 9.59 Å². The van der Waals surface area contributed by atoms with Crippen molar-refractivity contribution >= 4 is 23.5 Å². The van der Waals surface area contributed by atoms with Crippen LogP contribution in [0, 0.1) is 0 Å². The summed E-state index contributed by atoms with van der Waals surface area (Å²) in [4.78, 5) is 25.4. The molecule has 1 saturated heterocycles. The summed E-state index contributed by atoms with van der Waals surface area (Å²) >= 11 is 5.89. The molecule has 2 N–H and O–H groups in total. The van der Waals surface area contributed by atoms with Crippen LogP contribution in [0.2, 0.25) is 5.02 Å². The van der Waals surface area contributed by atoms with Crippen molar-refractivity contribution in [1.82, 2.24) is 10.2 Å². The normalized spacial score (nSPS) is 20.0. The highest BCUT2D eigenvalue weighted by Crippen LogP contribution is 2.20. The average molecular weight is 339 g/mol. The Morgan fingerprint density at radius 1 is 1.35 bits per heavy atom. The number of halogens is 1. The van der Waals surface area contributed by atoms with E-state index in [1.54, 1.807) is 17.0 Å². The fraction of sp³-hybridized carbons (Fsp3) is 0.529. The molecule has 1 aliphatic rings. The van der Waals surface area contributed by atoms with Crippen molar-refractivity contribution in [2.45, 2.75) is 44.7 Å². The fourth-order valence-corrected chi connectivity index (χ4v) is 3.13. The number of nitrogens with one attached hydrogen (secondary N) is 1. The van der Waals surface area contributed by atoms with Gasteiger partial charge in [-0.2, -0.15) is 0 Å². The number of carbonyl (C=O) groups is 2. The largest absolute Gasteiger partial charge is 0.480 e. The third-order valence-corrected chi connectivity index (χ3v) is 4.51. The molecule has 0 aromatic heterocycles. The van der Waals surface area contributed by atoms with E-state index in [4.69, 9.17) is 11.6 Å². The minimum Gasteiger partial charge on any atom is -0.480 e. The van der Waals surface area contributed by atoms with Gasteiger partial charge in [-0.3, -0.25) is 14.5 Å². The van der Waals surface area contributed by atoms with Gasteiger partial charge in [0.2, 0.25) is 5.91 Å². The Morgan fingerprint density at radius 3 is 2.65 bits per heavy atom. The van der Waals surface area contributed by atoms with Gasteiger partial charge in [-0.15, -0.1) is 0 Å². The number of benzene rings is 1. The summed E-state index contributed by atoms with van der Waals surface area (Å²) in [7, 11) is 0. The minimum absolute atomic E-state index is 0.0900. The summed E-state index contributed by atoms with van der Waals surface area (Å²) in [5.74, 6) is -0.984. The number of amides is 1. The second-order valence-electron chi connectivity index (χ2n) is 5.90. The summed E-state index contributed by atoms with van der Waals surface area (Å²) in [5, 5.41) is 12.9. The standard InChI is InChI=1S/C17H23ClN2O3/c1-2-14(12-6-8-13(18)9-7-12)19-16(21)11-20-10-4-3-5-15(20)17(22)23/h6-9,14-15H,2-5,10-11H2,1H3,(H,19,21)(H,22,23). The molecule has 1 fully saturated rings. The summed E-state index contributed by atoms with van der Waals surface area (Å²) < 4.78 is 0. The van der Waals surface area contributed by atoms with Crippen LogP contribution in [0.4, 0.5) is 0 Å². The van der Waals surface area contributed by atoms with Crippen molar-refractivity contribution in [3.8, 4) is 0 Å². The number of carboxylic acids is 1. The number of rotatable bonds is 6. The molecule has 2 rings (SSSR count). The Hall–Kier alpha value is -1.59. The van der Waals surface area contributed by atoms with E-state index < -0.39 is 12.0 Å². The average Bonchev–Trinajstić information content (AvgIpc) is 2.54. The zero-order valence-electron chi connectivity index (χ0n) is 13.3. The lowest BCUT2D eigenvalue weighted by molar-refractivity contribution is -0.145. The molecular weight excluding hydrogens is 316 g/mol. The molecular formula is C17H23ClN2O3. The highest BCUT2D eigenvalue weighted by Gasteiger charge is 2.30. The number of aliphatic carboxylic acids is 1. The van der Waals surface area contributed by atoms with Crippen LogP contribution in [0.5, 0.6) is 0 Å². The number of carboxylic acid groups (broad SMARTS) is 1. The molecule has 1 aromatic carbocycles. The molecule has 23 heavy (non-hydrogen) atoms. The second-order valence-corrected chi connectivity index (χ2v) is 6.34. The van der Waals surface area contributed by atoms with Crippen LogP contribution in [0.25, 0.3) is 0 Å². The van der Waals surface area contributed by atoms with Gasteiger partial charge in [-0.25, -0.2) is 0 Å². The highest BCUT2D eigenvalue weighted by molar-refractivity contribution is 6.30. The summed E-state index contributed by atoms with van der Waals surface area (Å²) in [6, 6.07) is 6.77. The Morgan fingerprint density at radius 2 is 2.04 bits per heavy atom. The molecule has 1 aliphatic heterocycles. The number of hydrogen-bond donors (Lipinski definition) is 2. The van der Waals surface area contributed by atoms with Gasteiger partial charge in [-0.1, -0.05) is 37.1 Å². The van der Waals surface area contributed by atoms with Gasteiger partial charge in [0.1, 0.15) is 6.04 Å². The van der Waals surface area contributed by atoms with E-state index in [0.717, 1.165) is 24.8 Å². The van der Waals surface area contributed by atoms with Gasteiger partial charge in [0.25, 0.3) is 0 Å². The van der Waals surface area contributed by atoms with E-state index in [9.17, 15) is 14.7 Å². The fourth-order valence-electron chi connectivity index (χ4n) is 3.00. The Kier molecular flexibility index (Phi) is 6.42. The first-order valence-corrected chi connectivity index (χ1v) is 8.40. The monoisotopic (exact) mass is 338 g/mol. The number of piperidine rings is 1. The van der Waals surface area contributed by atoms with E-state index >= 15 is 0 Å². The lowest BCUT2D eigenvalue weighted by Crippen LogP contribution is -2.49. The van der Waals surface area contributed by atoms with Gasteiger partial charge in [0.15, 0.2) is 0 Å². The third kappa shape index (κ3) is 4.94. The van der Waals surface area contributed by atoms with Crippen molar-refractivity contribution < 1.29 is 14.7 Å². The van der Waals surface area contributed by atoms with Crippen molar-refractivity contribution in [1.29, 1.82) is 0 Å². The first-order chi connectivity index (χ1) is 11.0. The van der Waals surface area contributed by atoms with Gasteiger partial charge >= 0.3 is 5.97 Å². The number of nitrogens with zero attached hydrogens (tertiary/aromatic N) is 1. The lowest BCUT2D eigenvalue weighted by atomic mass is 10.0. The van der Waals surface area contributed by atoms with Crippen LogP contribution in [0.15, 0.2) is 24.3 Å². The predicted molar refractivity (Wildman–Crippen MR) is 89.5 cm³/mol. The van der Waals surface area contributed by atoms with E-state index in [1.165, 1.54) is 0 Å². The summed E-state index contributed by atoms with van der Waals surface area (Å²) in [6.45, 7) is 2.78. The second kappa shape index (κ2) is 8.31. The van der Waals surface area contributed by atoms with Crippen LogP contribution >= 0.6 is 11.6 Å². The van der Waals surface area contributed by atoms with Crippen LogP contribution in [-0.4, -0.2) is 41.0 Å². The zero-order valence-corrected chi connectivity index (χ0v) is 14.1. The van der Waals surface area contributed by atoms with Gasteiger partial charge in [0.05, 0.1) is 12.6 Å². The summed E-state index contributed by atoms with van der Waals surface area (Å²) in [5.41, 5.74) is 0.999. The minimum atomic E-state index is -0.845. The van der Waals surface area contributed by atoms with Crippen molar-refractivity contribution in [2.24, 2.45) is 0 Å². The van der Waals surface area contributed by atoms with Gasteiger partial charge < -0.3 is 10.4 Å². The smallest absolute Gasteiger partial charge is 0.320 e. The molecule has 1 heterocycles. The molecule has 0 bridgehead atoms. The summed E-state index contributed by atoms with van der Waals surface area (Å²) in [6.07, 6.45) is 3.20.